The molecule has 0 fully saturated rings. The molecule has 5 nitrogen and oxygen atoms in total. The number of amides is 1. The van der Waals surface area contributed by atoms with Gasteiger partial charge in [0.2, 0.25) is 0 Å². The van der Waals surface area contributed by atoms with Gasteiger partial charge in [-0.05, 0) is 25.1 Å². The molecule has 0 radical (unpaired) electrons. The fourth-order valence-corrected chi connectivity index (χ4v) is 2.81. The first kappa shape index (κ1) is 17.1. The molecule has 2 rings (SSSR count). The maximum atomic E-state index is 13.6. The molecule has 0 aliphatic rings. The largest absolute Gasteiger partial charge is 0.494 e. The molecule has 1 heterocycles. The first-order chi connectivity index (χ1) is 11.0. The number of hydrogen-bond acceptors (Lipinski definition) is 5. The van der Waals surface area contributed by atoms with Gasteiger partial charge in [-0.15, -0.1) is 11.3 Å². The number of rotatable bonds is 6. The van der Waals surface area contributed by atoms with Gasteiger partial charge in [0.1, 0.15) is 11.1 Å². The summed E-state index contributed by atoms with van der Waals surface area (Å²) in [4.78, 5) is 18.5. The van der Waals surface area contributed by atoms with E-state index in [4.69, 9.17) is 4.74 Å². The van der Waals surface area contributed by atoms with Crippen LogP contribution < -0.4 is 9.64 Å². The number of halogens is 1. The number of aromatic nitrogens is 1. The van der Waals surface area contributed by atoms with Gasteiger partial charge in [0.15, 0.2) is 11.6 Å². The van der Waals surface area contributed by atoms with E-state index < -0.39 is 11.9 Å². The Morgan fingerprint density at radius 2 is 2.35 bits per heavy atom. The monoisotopic (exact) mass is 336 g/mol. The fraction of sp³-hybridized carbons (Fsp3) is 0.250. The molecule has 1 aromatic heterocycles. The first-order valence-electron chi connectivity index (χ1n) is 6.86. The molecule has 122 valence electrons. The van der Waals surface area contributed by atoms with E-state index in [1.807, 2.05) is 0 Å². The van der Waals surface area contributed by atoms with E-state index in [0.717, 1.165) is 4.88 Å². The van der Waals surface area contributed by atoms with Gasteiger partial charge >= 0.3 is 0 Å². The fourth-order valence-electron chi connectivity index (χ4n) is 1.97. The van der Waals surface area contributed by atoms with Gasteiger partial charge in [-0.25, -0.2) is 9.37 Å². The zero-order valence-corrected chi connectivity index (χ0v) is 13.6. The van der Waals surface area contributed by atoms with E-state index >= 15 is 0 Å². The van der Waals surface area contributed by atoms with Gasteiger partial charge in [0.05, 0.1) is 13.7 Å². The number of carbonyl (C=O) groups is 1. The van der Waals surface area contributed by atoms with E-state index in [9.17, 15) is 14.3 Å². The van der Waals surface area contributed by atoms with Gasteiger partial charge in [-0.1, -0.05) is 6.58 Å². The van der Waals surface area contributed by atoms with Crippen molar-refractivity contribution in [2.75, 3.05) is 12.0 Å². The zero-order chi connectivity index (χ0) is 17.0. The van der Waals surface area contributed by atoms with Crippen LogP contribution in [0.1, 0.15) is 22.9 Å². The molecule has 1 aromatic carbocycles. The second-order valence-corrected chi connectivity index (χ2v) is 5.93. The van der Waals surface area contributed by atoms with Crippen molar-refractivity contribution >= 4 is 22.9 Å². The Hall–Kier alpha value is -2.25. The zero-order valence-electron chi connectivity index (χ0n) is 12.8. The minimum atomic E-state index is -0.664. The average molecular weight is 336 g/mol. The van der Waals surface area contributed by atoms with Crippen molar-refractivity contribution in [2.24, 2.45) is 0 Å². The number of aliphatic hydroxyl groups excluding tert-OH is 1. The molecule has 1 atom stereocenters. The highest BCUT2D eigenvalue weighted by molar-refractivity contribution is 7.11. The Labute approximate surface area is 137 Å². The second-order valence-electron chi connectivity index (χ2n) is 4.79. The van der Waals surface area contributed by atoms with Gasteiger partial charge in [0.25, 0.3) is 5.91 Å². The van der Waals surface area contributed by atoms with Crippen LogP contribution in [0.25, 0.3) is 0 Å². The summed E-state index contributed by atoms with van der Waals surface area (Å²) in [6, 6.07) is 4.19. The van der Waals surface area contributed by atoms with Crippen LogP contribution >= 0.6 is 11.3 Å². The van der Waals surface area contributed by atoms with Crippen molar-refractivity contribution in [1.29, 1.82) is 0 Å². The Morgan fingerprint density at radius 1 is 1.61 bits per heavy atom. The Kier molecular flexibility index (Phi) is 5.46. The third kappa shape index (κ3) is 3.94. The van der Waals surface area contributed by atoms with Crippen molar-refractivity contribution in [3.8, 4) is 5.75 Å². The molecule has 1 unspecified atom stereocenters. The molecule has 1 amide bonds. The number of ether oxygens (including phenoxy) is 1. The predicted octanol–water partition coefficient (Wildman–Crippen LogP) is 3.06. The summed E-state index contributed by atoms with van der Waals surface area (Å²) in [6.07, 6.45) is 2.13. The molecular formula is C16H17FN2O3S. The third-order valence-electron chi connectivity index (χ3n) is 3.13. The standard InChI is InChI=1S/C16H17FN2O3S/c1-4-15(21)19(9-12-8-18-16(23-12)10(2)20)11-5-6-13(17)14(7-11)22-3/h4-8,10,20H,1,9H2,2-3H3. The maximum Gasteiger partial charge on any atom is 0.250 e. The summed E-state index contributed by atoms with van der Waals surface area (Å²) < 4.78 is 18.5. The smallest absolute Gasteiger partial charge is 0.250 e. The highest BCUT2D eigenvalue weighted by Gasteiger charge is 2.18. The van der Waals surface area contributed by atoms with Crippen molar-refractivity contribution in [3.63, 3.8) is 0 Å². The summed E-state index contributed by atoms with van der Waals surface area (Å²) in [5.41, 5.74) is 0.486. The van der Waals surface area contributed by atoms with Crippen LogP contribution in [0.2, 0.25) is 0 Å². The molecule has 1 N–H and O–H groups in total. The number of nitrogens with zero attached hydrogens (tertiary/aromatic N) is 2. The van der Waals surface area contributed by atoms with Gasteiger partial charge < -0.3 is 14.7 Å². The summed E-state index contributed by atoms with van der Waals surface area (Å²) in [6.45, 7) is 5.36. The first-order valence-corrected chi connectivity index (χ1v) is 7.68. The van der Waals surface area contributed by atoms with Gasteiger partial charge in [-0.3, -0.25) is 4.79 Å². The molecule has 0 aliphatic heterocycles. The molecule has 23 heavy (non-hydrogen) atoms. The SMILES string of the molecule is C=CC(=O)N(Cc1cnc(C(C)O)s1)c1ccc(F)c(OC)c1. The third-order valence-corrected chi connectivity index (χ3v) is 4.28. The lowest BCUT2D eigenvalue weighted by molar-refractivity contribution is -0.114. The van der Waals surface area contributed by atoms with Crippen LogP contribution in [-0.2, 0) is 11.3 Å². The van der Waals surface area contributed by atoms with E-state index in [2.05, 4.69) is 11.6 Å². The lowest BCUT2D eigenvalue weighted by atomic mass is 10.2. The number of benzene rings is 1. The Balaban J connectivity index is 2.33. The van der Waals surface area contributed by atoms with Crippen LogP contribution in [-0.4, -0.2) is 23.1 Å². The lowest BCUT2D eigenvalue weighted by Crippen LogP contribution is -2.28. The summed E-state index contributed by atoms with van der Waals surface area (Å²) >= 11 is 1.31. The molecular weight excluding hydrogens is 319 g/mol. The van der Waals surface area contributed by atoms with Crippen molar-refractivity contribution < 1.29 is 19.0 Å². The number of carbonyl (C=O) groups excluding carboxylic acids is 1. The average Bonchev–Trinajstić information content (AvgIpc) is 3.01. The summed E-state index contributed by atoms with van der Waals surface area (Å²) in [7, 11) is 1.36. The quantitative estimate of drug-likeness (QED) is 0.824. The van der Waals surface area contributed by atoms with E-state index in [1.165, 1.54) is 47.6 Å². The number of anilines is 1. The molecule has 7 heteroatoms. The minimum absolute atomic E-state index is 0.0540. The summed E-state index contributed by atoms with van der Waals surface area (Å²) in [5, 5.41) is 10.1. The van der Waals surface area contributed by atoms with Crippen LogP contribution in [0.5, 0.6) is 5.75 Å². The lowest BCUT2D eigenvalue weighted by Gasteiger charge is -2.21. The highest BCUT2D eigenvalue weighted by Crippen LogP contribution is 2.28. The van der Waals surface area contributed by atoms with Crippen molar-refractivity contribution in [3.05, 3.63) is 52.8 Å². The summed E-state index contributed by atoms with van der Waals surface area (Å²) in [5.74, 6) is -0.777. The molecule has 0 spiro atoms. The topological polar surface area (TPSA) is 62.7 Å². The predicted molar refractivity (Wildman–Crippen MR) is 87.1 cm³/mol. The van der Waals surface area contributed by atoms with E-state index in [-0.39, 0.29) is 18.2 Å². The van der Waals surface area contributed by atoms with Crippen molar-refractivity contribution in [1.82, 2.24) is 4.98 Å². The van der Waals surface area contributed by atoms with Crippen LogP contribution in [0.15, 0.2) is 37.1 Å². The molecule has 2 aromatic rings. The van der Waals surface area contributed by atoms with Gasteiger partial charge in [0, 0.05) is 22.8 Å². The van der Waals surface area contributed by atoms with Crippen LogP contribution in [0, 0.1) is 5.82 Å². The number of aliphatic hydroxyl groups is 1. The Bertz CT molecular complexity index is 715. The number of thiazole rings is 1. The number of hydrogen-bond donors (Lipinski definition) is 1. The van der Waals surface area contributed by atoms with Gasteiger partial charge in [-0.2, -0.15) is 0 Å². The molecule has 0 saturated heterocycles. The van der Waals surface area contributed by atoms with Crippen molar-refractivity contribution in [2.45, 2.75) is 19.6 Å². The maximum absolute atomic E-state index is 13.6. The molecule has 0 aliphatic carbocycles. The minimum Gasteiger partial charge on any atom is -0.494 e. The highest BCUT2D eigenvalue weighted by atomic mass is 32.1. The Morgan fingerprint density at radius 3 is 2.91 bits per heavy atom. The van der Waals surface area contributed by atoms with Crippen LogP contribution in [0.4, 0.5) is 10.1 Å². The molecule has 0 saturated carbocycles. The normalized spacial score (nSPS) is 11.8. The molecule has 0 bridgehead atoms. The van der Waals surface area contributed by atoms with E-state index in [1.54, 1.807) is 13.1 Å². The van der Waals surface area contributed by atoms with Crippen LogP contribution in [0.3, 0.4) is 0 Å². The van der Waals surface area contributed by atoms with E-state index in [0.29, 0.717) is 10.7 Å². The second kappa shape index (κ2) is 7.34. The number of methoxy groups -OCH3 is 1.